The molecular formula is C37H43N3O5S. The Labute approximate surface area is 273 Å². The van der Waals surface area contributed by atoms with Gasteiger partial charge in [-0.1, -0.05) is 92.2 Å². The lowest BCUT2D eigenvalue weighted by Crippen LogP contribution is -2.53. The molecule has 0 saturated carbocycles. The zero-order chi connectivity index (χ0) is 33.3. The first-order valence-electron chi connectivity index (χ1n) is 15.4. The summed E-state index contributed by atoms with van der Waals surface area (Å²) >= 11 is 0. The Bertz CT molecular complexity index is 1720. The van der Waals surface area contributed by atoms with E-state index in [1.807, 2.05) is 88.4 Å². The zero-order valence-electron chi connectivity index (χ0n) is 27.1. The van der Waals surface area contributed by atoms with E-state index in [9.17, 15) is 18.0 Å². The fourth-order valence-corrected chi connectivity index (χ4v) is 6.62. The average Bonchev–Trinajstić information content (AvgIpc) is 3.05. The average molecular weight is 642 g/mol. The van der Waals surface area contributed by atoms with Crippen LogP contribution in [0.1, 0.15) is 36.1 Å². The molecule has 0 aromatic heterocycles. The van der Waals surface area contributed by atoms with Gasteiger partial charge in [0.05, 0.1) is 17.7 Å². The number of hydrogen-bond acceptors (Lipinski definition) is 5. The van der Waals surface area contributed by atoms with Crippen LogP contribution in [0.4, 0.5) is 5.69 Å². The van der Waals surface area contributed by atoms with Crippen LogP contribution in [-0.2, 0) is 32.6 Å². The maximum Gasteiger partial charge on any atom is 0.264 e. The van der Waals surface area contributed by atoms with E-state index in [2.05, 4.69) is 5.32 Å². The van der Waals surface area contributed by atoms with Gasteiger partial charge in [0, 0.05) is 19.5 Å². The van der Waals surface area contributed by atoms with Crippen molar-refractivity contribution in [3.8, 4) is 5.75 Å². The van der Waals surface area contributed by atoms with Crippen molar-refractivity contribution in [3.63, 3.8) is 0 Å². The summed E-state index contributed by atoms with van der Waals surface area (Å²) in [5.41, 5.74) is 3.62. The highest BCUT2D eigenvalue weighted by atomic mass is 32.2. The van der Waals surface area contributed by atoms with Crippen LogP contribution < -0.4 is 14.4 Å². The highest BCUT2D eigenvalue weighted by Crippen LogP contribution is 2.28. The molecule has 46 heavy (non-hydrogen) atoms. The van der Waals surface area contributed by atoms with Crippen molar-refractivity contribution in [2.24, 2.45) is 5.92 Å². The Kier molecular flexibility index (Phi) is 11.6. The van der Waals surface area contributed by atoms with Crippen molar-refractivity contribution in [3.05, 3.63) is 125 Å². The summed E-state index contributed by atoms with van der Waals surface area (Å²) in [5.74, 6) is -0.0164. The molecule has 2 amide bonds. The van der Waals surface area contributed by atoms with Gasteiger partial charge in [-0.3, -0.25) is 13.9 Å². The molecule has 8 nitrogen and oxygen atoms in total. The van der Waals surface area contributed by atoms with E-state index in [4.69, 9.17) is 4.74 Å². The van der Waals surface area contributed by atoms with Gasteiger partial charge in [-0.15, -0.1) is 0 Å². The monoisotopic (exact) mass is 641 g/mol. The summed E-state index contributed by atoms with van der Waals surface area (Å²) in [7, 11) is -2.60. The highest BCUT2D eigenvalue weighted by Gasteiger charge is 2.35. The summed E-state index contributed by atoms with van der Waals surface area (Å²) in [4.78, 5) is 30.1. The minimum atomic E-state index is -4.17. The van der Waals surface area contributed by atoms with Crippen molar-refractivity contribution >= 4 is 27.5 Å². The molecule has 0 spiro atoms. The Morgan fingerprint density at radius 3 is 2.13 bits per heavy atom. The van der Waals surface area contributed by atoms with Gasteiger partial charge in [0.1, 0.15) is 18.3 Å². The van der Waals surface area contributed by atoms with Gasteiger partial charge >= 0.3 is 0 Å². The van der Waals surface area contributed by atoms with Crippen LogP contribution in [0, 0.1) is 19.8 Å². The molecule has 0 radical (unpaired) electrons. The quantitative estimate of drug-likeness (QED) is 0.185. The molecular weight excluding hydrogens is 598 g/mol. The minimum absolute atomic E-state index is 0.0643. The maximum atomic E-state index is 14.6. The largest absolute Gasteiger partial charge is 0.497 e. The van der Waals surface area contributed by atoms with Crippen molar-refractivity contribution in [1.29, 1.82) is 0 Å². The SMILES string of the molecule is COc1cccc(CN(C(=O)CN(c2ccccc2C)S(=O)(=O)c2ccc(C)cc2)[C@H](Cc2ccccc2)C(=O)NCC(C)C)c1. The second-order valence-corrected chi connectivity index (χ2v) is 13.7. The number of nitrogens with zero attached hydrogens (tertiary/aromatic N) is 2. The molecule has 0 saturated heterocycles. The van der Waals surface area contributed by atoms with Crippen LogP contribution in [0.2, 0.25) is 0 Å². The van der Waals surface area contributed by atoms with Gasteiger partial charge in [0.25, 0.3) is 10.0 Å². The first kappa shape index (κ1) is 34.2. The summed E-state index contributed by atoms with van der Waals surface area (Å²) in [5, 5.41) is 3.01. The molecule has 4 aromatic rings. The molecule has 242 valence electrons. The first-order chi connectivity index (χ1) is 22.0. The number of benzene rings is 4. The van der Waals surface area contributed by atoms with Crippen molar-refractivity contribution in [2.45, 2.75) is 51.6 Å². The number of ether oxygens (including phenoxy) is 1. The standard InChI is InChI=1S/C37H43N3O5S/c1-27(2)24-38-37(42)35(23-30-13-7-6-8-14-30)39(25-31-15-11-16-32(22-31)45-5)36(41)26-40(34-17-10-9-12-29(34)4)46(43,44)33-20-18-28(3)19-21-33/h6-22,27,35H,23-26H2,1-5H3,(H,38,42)/t35-/m1/s1. The Morgan fingerprint density at radius 1 is 0.826 bits per heavy atom. The Hall–Kier alpha value is -4.63. The van der Waals surface area contributed by atoms with Crippen LogP contribution in [0.25, 0.3) is 0 Å². The first-order valence-corrected chi connectivity index (χ1v) is 16.8. The number of sulfonamides is 1. The highest BCUT2D eigenvalue weighted by molar-refractivity contribution is 7.92. The van der Waals surface area contributed by atoms with E-state index in [-0.39, 0.29) is 29.7 Å². The van der Waals surface area contributed by atoms with E-state index in [0.29, 0.717) is 23.5 Å². The molecule has 0 fully saturated rings. The number of amides is 2. The molecule has 0 aliphatic heterocycles. The smallest absolute Gasteiger partial charge is 0.264 e. The zero-order valence-corrected chi connectivity index (χ0v) is 28.0. The van der Waals surface area contributed by atoms with Gasteiger partial charge in [-0.05, 0) is 66.8 Å². The van der Waals surface area contributed by atoms with Gasteiger partial charge in [-0.2, -0.15) is 0 Å². The third-order valence-electron chi connectivity index (χ3n) is 7.71. The van der Waals surface area contributed by atoms with E-state index in [1.165, 1.54) is 4.90 Å². The van der Waals surface area contributed by atoms with E-state index in [0.717, 1.165) is 21.0 Å². The number of carbonyl (C=O) groups excluding carboxylic acids is 2. The normalized spacial score (nSPS) is 12.0. The van der Waals surface area contributed by atoms with Gasteiger partial charge < -0.3 is 15.0 Å². The lowest BCUT2D eigenvalue weighted by molar-refractivity contribution is -0.140. The fourth-order valence-electron chi connectivity index (χ4n) is 5.14. The van der Waals surface area contributed by atoms with Crippen molar-refractivity contribution < 1.29 is 22.7 Å². The summed E-state index contributed by atoms with van der Waals surface area (Å²) in [6.07, 6.45) is 0.246. The number of carbonyl (C=O) groups is 2. The summed E-state index contributed by atoms with van der Waals surface area (Å²) in [6.45, 7) is 7.68. The lowest BCUT2D eigenvalue weighted by Gasteiger charge is -2.34. The summed E-state index contributed by atoms with van der Waals surface area (Å²) < 4.78 is 35.0. The molecule has 1 atom stereocenters. The molecule has 1 N–H and O–H groups in total. The van der Waals surface area contributed by atoms with Crippen LogP contribution in [-0.4, -0.2) is 51.4 Å². The molecule has 0 aliphatic rings. The van der Waals surface area contributed by atoms with Gasteiger partial charge in [-0.25, -0.2) is 8.42 Å². The molecule has 0 aliphatic carbocycles. The van der Waals surface area contributed by atoms with Crippen LogP contribution >= 0.6 is 0 Å². The van der Waals surface area contributed by atoms with Crippen LogP contribution in [0.15, 0.2) is 108 Å². The number of methoxy groups -OCH3 is 1. The second-order valence-electron chi connectivity index (χ2n) is 11.8. The van der Waals surface area contributed by atoms with E-state index < -0.39 is 28.5 Å². The number of para-hydroxylation sites is 1. The van der Waals surface area contributed by atoms with Crippen molar-refractivity contribution in [2.75, 3.05) is 24.5 Å². The molecule has 4 aromatic carbocycles. The van der Waals surface area contributed by atoms with E-state index >= 15 is 0 Å². The van der Waals surface area contributed by atoms with Gasteiger partial charge in [0.15, 0.2) is 0 Å². The fraction of sp³-hybridized carbons (Fsp3) is 0.297. The number of aryl methyl sites for hydroxylation is 2. The van der Waals surface area contributed by atoms with Gasteiger partial charge in [0.2, 0.25) is 11.8 Å². The third-order valence-corrected chi connectivity index (χ3v) is 9.49. The van der Waals surface area contributed by atoms with E-state index in [1.54, 1.807) is 49.6 Å². The second kappa shape index (κ2) is 15.6. The third kappa shape index (κ3) is 8.75. The number of anilines is 1. The topological polar surface area (TPSA) is 96.0 Å². The predicted molar refractivity (Wildman–Crippen MR) is 182 cm³/mol. The van der Waals surface area contributed by atoms with Crippen LogP contribution in [0.5, 0.6) is 5.75 Å². The Balaban J connectivity index is 1.82. The lowest BCUT2D eigenvalue weighted by atomic mass is 10.0. The Morgan fingerprint density at radius 2 is 1.48 bits per heavy atom. The molecule has 9 heteroatoms. The van der Waals surface area contributed by atoms with Crippen molar-refractivity contribution in [1.82, 2.24) is 10.2 Å². The number of hydrogen-bond donors (Lipinski definition) is 1. The summed E-state index contributed by atoms with van der Waals surface area (Å²) in [6, 6.07) is 29.5. The maximum absolute atomic E-state index is 14.6. The number of rotatable bonds is 14. The molecule has 4 rings (SSSR count). The minimum Gasteiger partial charge on any atom is -0.497 e. The number of nitrogens with one attached hydrogen (secondary N) is 1. The molecule has 0 bridgehead atoms. The van der Waals surface area contributed by atoms with Crippen LogP contribution in [0.3, 0.4) is 0 Å². The molecule has 0 heterocycles. The molecule has 0 unspecified atom stereocenters. The predicted octanol–water partition coefficient (Wildman–Crippen LogP) is 5.92.